The number of nitrogens with zero attached hydrogens (tertiary/aromatic N) is 5. The molecule has 3 aromatic rings. The Morgan fingerprint density at radius 3 is 2.30 bits per heavy atom. The van der Waals surface area contributed by atoms with Crippen molar-refractivity contribution in [2.75, 3.05) is 23.7 Å². The largest absolute Gasteiger partial charge is 0.416 e. The molecule has 40 heavy (non-hydrogen) atoms. The quantitative estimate of drug-likeness (QED) is 0.343. The van der Waals surface area contributed by atoms with Gasteiger partial charge < -0.3 is 20.9 Å². The summed E-state index contributed by atoms with van der Waals surface area (Å²) in [6.45, 7) is 1.72. The number of halogens is 3. The van der Waals surface area contributed by atoms with E-state index in [1.807, 2.05) is 6.33 Å². The van der Waals surface area contributed by atoms with Gasteiger partial charge in [0.25, 0.3) is 0 Å². The monoisotopic (exact) mass is 556 g/mol. The van der Waals surface area contributed by atoms with Crippen LogP contribution in [0.25, 0.3) is 11.2 Å². The van der Waals surface area contributed by atoms with Gasteiger partial charge in [-0.15, -0.1) is 0 Å². The first-order valence-electron chi connectivity index (χ1n) is 14.7. The van der Waals surface area contributed by atoms with Crippen molar-refractivity contribution in [2.45, 2.75) is 101 Å². The lowest BCUT2D eigenvalue weighted by molar-refractivity contribution is -0.138. The summed E-state index contributed by atoms with van der Waals surface area (Å²) < 4.78 is 42.6. The van der Waals surface area contributed by atoms with Crippen LogP contribution < -0.4 is 16.4 Å². The molecule has 11 heteroatoms. The van der Waals surface area contributed by atoms with Gasteiger partial charge in [-0.1, -0.05) is 31.0 Å². The first-order chi connectivity index (χ1) is 19.3. The highest BCUT2D eigenvalue weighted by Gasteiger charge is 2.34. The number of likely N-dealkylation sites (tertiary alicyclic amines) is 1. The molecule has 3 fully saturated rings. The molecule has 8 nitrogen and oxygen atoms in total. The maximum atomic E-state index is 13.5. The van der Waals surface area contributed by atoms with Crippen LogP contribution in [-0.4, -0.2) is 55.6 Å². The fraction of sp³-hybridized carbons (Fsp3) is 0.621. The lowest BCUT2D eigenvalue weighted by Crippen LogP contribution is -2.39. The Kier molecular flexibility index (Phi) is 7.85. The number of benzene rings is 1. The van der Waals surface area contributed by atoms with Crippen LogP contribution in [0.2, 0.25) is 0 Å². The predicted molar refractivity (Wildman–Crippen MR) is 150 cm³/mol. The minimum atomic E-state index is -4.34. The number of rotatable bonds is 7. The van der Waals surface area contributed by atoms with Crippen molar-refractivity contribution in [3.05, 3.63) is 41.7 Å². The number of piperidine rings is 1. The molecule has 0 unspecified atom stereocenters. The molecule has 0 radical (unpaired) electrons. The molecular weight excluding hydrogens is 517 g/mol. The van der Waals surface area contributed by atoms with E-state index in [2.05, 4.69) is 20.1 Å². The second-order valence-electron chi connectivity index (χ2n) is 11.8. The molecule has 3 aliphatic rings. The first-order valence-corrected chi connectivity index (χ1v) is 14.7. The summed E-state index contributed by atoms with van der Waals surface area (Å²) in [5.41, 5.74) is 7.54. The number of hydrogen-bond acceptors (Lipinski definition) is 7. The Morgan fingerprint density at radius 1 is 0.875 bits per heavy atom. The molecule has 2 saturated carbocycles. The van der Waals surface area contributed by atoms with Crippen molar-refractivity contribution < 1.29 is 13.2 Å². The van der Waals surface area contributed by atoms with Crippen LogP contribution in [0.15, 0.2) is 30.6 Å². The van der Waals surface area contributed by atoms with Crippen LogP contribution >= 0.6 is 0 Å². The lowest BCUT2D eigenvalue weighted by atomic mass is 9.92. The number of alkyl halides is 3. The third-order valence-corrected chi connectivity index (χ3v) is 8.89. The number of fused-ring (bicyclic) bond motifs is 1. The van der Waals surface area contributed by atoms with Gasteiger partial charge in [-0.05, 0) is 63.0 Å². The van der Waals surface area contributed by atoms with Gasteiger partial charge in [-0.3, -0.25) is 4.90 Å². The van der Waals surface area contributed by atoms with Crippen LogP contribution in [-0.2, 0) is 12.7 Å². The Balaban J connectivity index is 1.17. The molecule has 4 N–H and O–H groups in total. The smallest absolute Gasteiger partial charge is 0.365 e. The van der Waals surface area contributed by atoms with Crippen LogP contribution in [0, 0.1) is 0 Å². The fourth-order valence-corrected chi connectivity index (χ4v) is 6.58. The SMILES string of the molecule is NC1CCC(Nc2nc(NC3CCN(Cc4ccccc4C(F)(F)F)CC3)c3ncn(C4CCCC4)c3n2)CC1. The van der Waals surface area contributed by atoms with E-state index in [1.165, 1.54) is 25.0 Å². The van der Waals surface area contributed by atoms with Gasteiger partial charge >= 0.3 is 6.18 Å². The third kappa shape index (κ3) is 6.05. The Labute approximate surface area is 232 Å². The molecule has 0 spiro atoms. The van der Waals surface area contributed by atoms with Gasteiger partial charge in [0, 0.05) is 43.8 Å². The molecule has 0 atom stereocenters. The normalized spacial score (nSPS) is 23.6. The highest BCUT2D eigenvalue weighted by Crippen LogP contribution is 2.35. The van der Waals surface area contributed by atoms with E-state index in [0.29, 0.717) is 43.2 Å². The van der Waals surface area contributed by atoms with Crippen LogP contribution in [0.1, 0.15) is 81.4 Å². The van der Waals surface area contributed by atoms with E-state index in [9.17, 15) is 13.2 Å². The molecule has 2 aromatic heterocycles. The Morgan fingerprint density at radius 2 is 1.57 bits per heavy atom. The summed E-state index contributed by atoms with van der Waals surface area (Å²) in [6.07, 6.45) is 7.91. The van der Waals surface area contributed by atoms with E-state index in [4.69, 9.17) is 20.7 Å². The van der Waals surface area contributed by atoms with E-state index in [0.717, 1.165) is 68.3 Å². The van der Waals surface area contributed by atoms with Gasteiger partial charge in [-0.25, -0.2) is 4.98 Å². The number of hydrogen-bond donors (Lipinski definition) is 3. The lowest BCUT2D eigenvalue weighted by Gasteiger charge is -2.33. The number of anilines is 2. The zero-order chi connectivity index (χ0) is 27.7. The summed E-state index contributed by atoms with van der Waals surface area (Å²) in [5.74, 6) is 1.36. The highest BCUT2D eigenvalue weighted by molar-refractivity contribution is 5.84. The zero-order valence-electron chi connectivity index (χ0n) is 22.8. The van der Waals surface area contributed by atoms with Crippen molar-refractivity contribution in [1.82, 2.24) is 24.4 Å². The Bertz CT molecular complexity index is 1290. The Hall–Kier alpha value is -2.92. The summed E-state index contributed by atoms with van der Waals surface area (Å²) in [7, 11) is 0. The number of nitrogens with one attached hydrogen (secondary N) is 2. The van der Waals surface area contributed by atoms with E-state index in [-0.39, 0.29) is 12.1 Å². The maximum absolute atomic E-state index is 13.5. The molecule has 0 bridgehead atoms. The first kappa shape index (κ1) is 27.3. The van der Waals surface area contributed by atoms with Crippen LogP contribution in [0.5, 0.6) is 0 Å². The van der Waals surface area contributed by atoms with Gasteiger partial charge in [0.05, 0.1) is 11.9 Å². The molecule has 216 valence electrons. The minimum Gasteiger partial charge on any atom is -0.365 e. The van der Waals surface area contributed by atoms with Crippen molar-refractivity contribution in [2.24, 2.45) is 5.73 Å². The van der Waals surface area contributed by atoms with E-state index in [1.54, 1.807) is 12.1 Å². The van der Waals surface area contributed by atoms with Gasteiger partial charge in [0.1, 0.15) is 0 Å². The fourth-order valence-electron chi connectivity index (χ4n) is 6.58. The molecule has 1 saturated heterocycles. The van der Waals surface area contributed by atoms with Gasteiger partial charge in [-0.2, -0.15) is 23.1 Å². The molecule has 2 aliphatic carbocycles. The molecule has 6 rings (SSSR count). The summed E-state index contributed by atoms with van der Waals surface area (Å²) in [5, 5.41) is 7.21. The van der Waals surface area contributed by atoms with Crippen molar-refractivity contribution in [3.8, 4) is 0 Å². The van der Waals surface area contributed by atoms with Gasteiger partial charge in [0.15, 0.2) is 17.0 Å². The molecule has 1 aliphatic heterocycles. The average Bonchev–Trinajstić information content (AvgIpc) is 3.61. The third-order valence-electron chi connectivity index (χ3n) is 8.89. The standard InChI is InChI=1S/C29H39F3N8/c30-29(31,32)24-8-4-1-5-19(24)17-39-15-13-22(14-16-39)35-26-25-27(40(18-34-25)23-6-2-3-7-23)38-28(37-26)36-21-11-9-20(33)10-12-21/h1,4-5,8,18,20-23H,2-3,6-7,9-17,33H2,(H2,35,36,37,38). The summed E-state index contributed by atoms with van der Waals surface area (Å²) >= 11 is 0. The zero-order valence-corrected chi connectivity index (χ0v) is 22.8. The molecule has 3 heterocycles. The maximum Gasteiger partial charge on any atom is 0.416 e. The minimum absolute atomic E-state index is 0.157. The second-order valence-corrected chi connectivity index (χ2v) is 11.8. The van der Waals surface area contributed by atoms with Crippen LogP contribution in [0.3, 0.4) is 0 Å². The van der Waals surface area contributed by atoms with E-state index >= 15 is 0 Å². The average molecular weight is 557 g/mol. The van der Waals surface area contributed by atoms with Crippen molar-refractivity contribution >= 4 is 22.9 Å². The summed E-state index contributed by atoms with van der Waals surface area (Å²) in [4.78, 5) is 16.7. The summed E-state index contributed by atoms with van der Waals surface area (Å²) in [6, 6.07) is 7.02. The number of aromatic nitrogens is 4. The van der Waals surface area contributed by atoms with E-state index < -0.39 is 11.7 Å². The van der Waals surface area contributed by atoms with Crippen molar-refractivity contribution in [3.63, 3.8) is 0 Å². The molecule has 1 aromatic carbocycles. The van der Waals surface area contributed by atoms with Gasteiger partial charge in [0.2, 0.25) is 5.95 Å². The predicted octanol–water partition coefficient (Wildman–Crippen LogP) is 5.72. The number of nitrogens with two attached hydrogens (primary N) is 1. The topological polar surface area (TPSA) is 96.9 Å². The highest BCUT2D eigenvalue weighted by atomic mass is 19.4. The number of imidazole rings is 1. The van der Waals surface area contributed by atoms with Crippen LogP contribution in [0.4, 0.5) is 24.9 Å². The van der Waals surface area contributed by atoms with Crippen molar-refractivity contribution in [1.29, 1.82) is 0 Å². The molecular formula is C29H39F3N8. The molecule has 0 amide bonds. The second kappa shape index (κ2) is 11.5.